The van der Waals surface area contributed by atoms with Crippen LogP contribution in [0.2, 0.25) is 0 Å². The van der Waals surface area contributed by atoms with Crippen molar-refractivity contribution in [3.05, 3.63) is 94.6 Å². The average molecular weight is 549 g/mol. The molecule has 1 aromatic heterocycles. The Bertz CT molecular complexity index is 1650. The maximum atomic E-state index is 14.3. The molecule has 0 saturated heterocycles. The Hall–Kier alpha value is -4.46. The summed E-state index contributed by atoms with van der Waals surface area (Å²) in [5.74, 6) is -0.319. The van der Waals surface area contributed by atoms with Crippen LogP contribution in [0.5, 0.6) is 0 Å². The molecule has 2 aromatic carbocycles. The molecule has 3 aromatic rings. The summed E-state index contributed by atoms with van der Waals surface area (Å²) in [4.78, 5) is 32.5. The molecule has 210 valence electrons. The summed E-state index contributed by atoms with van der Waals surface area (Å²) in [5.41, 5.74) is 7.51. The molecular weight excluding hydrogens is 512 g/mol. The predicted octanol–water partition coefficient (Wildman–Crippen LogP) is 5.28. The molecule has 1 saturated carbocycles. The SMILES string of the molecule is C[C@H](NC(=O)C1C(N)=NN2C=CC=NC12C)c1cc2cccc(/C=C/C3CCCCC3)c2c(=O)n1-c1ccccc1. The fraction of sp³-hybridized carbons (Fsp3) is 0.333. The molecule has 1 fully saturated rings. The van der Waals surface area contributed by atoms with Crippen LogP contribution in [0, 0.1) is 11.8 Å². The Balaban J connectivity index is 1.40. The number of nitrogens with zero attached hydrogens (tertiary/aromatic N) is 4. The molecule has 1 amide bonds. The first-order valence-electron chi connectivity index (χ1n) is 14.4. The lowest BCUT2D eigenvalue weighted by atomic mass is 9.88. The van der Waals surface area contributed by atoms with Crippen molar-refractivity contribution >= 4 is 34.8 Å². The summed E-state index contributed by atoms with van der Waals surface area (Å²) < 4.78 is 1.72. The number of carbonyl (C=O) groups is 1. The Morgan fingerprint density at radius 1 is 1.12 bits per heavy atom. The molecular formula is C33H36N6O2. The summed E-state index contributed by atoms with van der Waals surface area (Å²) in [6.45, 7) is 3.72. The highest BCUT2D eigenvalue weighted by Gasteiger charge is 2.51. The Kier molecular flexibility index (Phi) is 7.07. The van der Waals surface area contributed by atoms with Crippen LogP contribution in [-0.4, -0.2) is 33.2 Å². The van der Waals surface area contributed by atoms with Gasteiger partial charge in [-0.3, -0.25) is 19.1 Å². The number of nitrogens with two attached hydrogens (primary N) is 1. The average Bonchev–Trinajstić information content (AvgIpc) is 3.26. The molecule has 8 nitrogen and oxygen atoms in total. The van der Waals surface area contributed by atoms with E-state index in [1.54, 1.807) is 28.1 Å². The summed E-state index contributed by atoms with van der Waals surface area (Å²) >= 11 is 0. The summed E-state index contributed by atoms with van der Waals surface area (Å²) in [6.07, 6.45) is 15.8. The number of hydrazone groups is 1. The number of fused-ring (bicyclic) bond motifs is 2. The van der Waals surface area contributed by atoms with Crippen molar-refractivity contribution in [3.8, 4) is 5.69 Å². The van der Waals surface area contributed by atoms with Crippen LogP contribution in [0.4, 0.5) is 0 Å². The lowest BCUT2D eigenvalue weighted by molar-refractivity contribution is -0.126. The number of nitrogens with one attached hydrogen (secondary N) is 1. The number of amidine groups is 1. The summed E-state index contributed by atoms with van der Waals surface area (Å²) in [5, 5.41) is 10.6. The van der Waals surface area contributed by atoms with Crippen LogP contribution in [-0.2, 0) is 4.79 Å². The van der Waals surface area contributed by atoms with Gasteiger partial charge in [0.15, 0.2) is 5.66 Å². The van der Waals surface area contributed by atoms with Gasteiger partial charge in [0.25, 0.3) is 5.56 Å². The first kappa shape index (κ1) is 26.7. The minimum Gasteiger partial charge on any atom is -0.385 e. The van der Waals surface area contributed by atoms with E-state index in [1.165, 1.54) is 32.1 Å². The van der Waals surface area contributed by atoms with Crippen molar-refractivity contribution in [2.45, 2.75) is 57.7 Å². The minimum absolute atomic E-state index is 0.115. The van der Waals surface area contributed by atoms with E-state index in [-0.39, 0.29) is 17.3 Å². The van der Waals surface area contributed by atoms with Gasteiger partial charge in [0.2, 0.25) is 5.91 Å². The number of aliphatic imine (C=N–C) groups is 1. The summed E-state index contributed by atoms with van der Waals surface area (Å²) in [7, 11) is 0. The molecule has 2 unspecified atom stereocenters. The number of benzene rings is 2. The number of hydrogen-bond donors (Lipinski definition) is 2. The number of para-hydroxylation sites is 1. The van der Waals surface area contributed by atoms with Gasteiger partial charge < -0.3 is 11.1 Å². The first-order chi connectivity index (χ1) is 19.9. The third-order valence-corrected chi connectivity index (χ3v) is 8.56. The molecule has 8 heteroatoms. The van der Waals surface area contributed by atoms with E-state index in [0.29, 0.717) is 17.0 Å². The highest BCUT2D eigenvalue weighted by Crippen LogP contribution is 2.35. The van der Waals surface area contributed by atoms with Gasteiger partial charge in [0.1, 0.15) is 11.8 Å². The number of aromatic nitrogens is 1. The largest absolute Gasteiger partial charge is 0.385 e. The Morgan fingerprint density at radius 3 is 2.68 bits per heavy atom. The zero-order valence-electron chi connectivity index (χ0n) is 23.5. The van der Waals surface area contributed by atoms with E-state index in [4.69, 9.17) is 5.73 Å². The highest BCUT2D eigenvalue weighted by atomic mass is 16.2. The molecule has 0 bridgehead atoms. The van der Waals surface area contributed by atoms with Crippen LogP contribution in [0.15, 0.2) is 87.8 Å². The molecule has 6 rings (SSSR count). The zero-order chi connectivity index (χ0) is 28.6. The molecule has 0 radical (unpaired) electrons. The topological polar surface area (TPSA) is 105 Å². The number of pyridine rings is 1. The fourth-order valence-electron chi connectivity index (χ4n) is 6.36. The molecule has 3 N–H and O–H groups in total. The lowest BCUT2D eigenvalue weighted by Gasteiger charge is -2.34. The molecule has 3 atom stereocenters. The van der Waals surface area contributed by atoms with Crippen LogP contribution >= 0.6 is 0 Å². The maximum Gasteiger partial charge on any atom is 0.263 e. The van der Waals surface area contributed by atoms with Gasteiger partial charge in [0, 0.05) is 23.8 Å². The molecule has 3 aliphatic rings. The second-order valence-electron chi connectivity index (χ2n) is 11.4. The van der Waals surface area contributed by atoms with Gasteiger partial charge in [-0.1, -0.05) is 67.8 Å². The van der Waals surface area contributed by atoms with Gasteiger partial charge >= 0.3 is 0 Å². The van der Waals surface area contributed by atoms with E-state index in [2.05, 4.69) is 27.6 Å². The molecule has 1 aliphatic carbocycles. The molecule has 2 aliphatic heterocycles. The van der Waals surface area contributed by atoms with Crippen molar-refractivity contribution in [1.82, 2.24) is 14.9 Å². The van der Waals surface area contributed by atoms with Crippen molar-refractivity contribution in [2.75, 3.05) is 0 Å². The number of allylic oxidation sites excluding steroid dienone is 2. The van der Waals surface area contributed by atoms with E-state index < -0.39 is 17.6 Å². The number of rotatable bonds is 6. The Morgan fingerprint density at radius 2 is 1.90 bits per heavy atom. The van der Waals surface area contributed by atoms with Crippen LogP contribution in [0.25, 0.3) is 22.5 Å². The second-order valence-corrected chi connectivity index (χ2v) is 11.4. The number of hydrogen-bond acceptors (Lipinski definition) is 6. The van der Waals surface area contributed by atoms with Crippen molar-refractivity contribution < 1.29 is 4.79 Å². The van der Waals surface area contributed by atoms with Crippen LogP contribution in [0.1, 0.15) is 63.3 Å². The van der Waals surface area contributed by atoms with Gasteiger partial charge in [0.05, 0.1) is 11.4 Å². The standard InChI is InChI=1S/C33H36N6O2/c1-22(36-31(40)29-30(34)37-38-20-10-19-35-33(29,38)2)27-21-25-14-9-13-24(18-17-23-11-5-3-6-12-23)28(25)32(41)39(27)26-15-7-4-8-16-26/h4,7-10,13-23,29H,3,5-6,11-12H2,1-2H3,(H2,34,37)(H,36,40)/b18-17+/t22-,29?,33?/m0/s1. The highest BCUT2D eigenvalue weighted by molar-refractivity contribution is 6.05. The van der Waals surface area contributed by atoms with Gasteiger partial charge in [-0.15, -0.1) is 0 Å². The van der Waals surface area contributed by atoms with Crippen LogP contribution in [0.3, 0.4) is 0 Å². The zero-order valence-corrected chi connectivity index (χ0v) is 23.5. The van der Waals surface area contributed by atoms with Gasteiger partial charge in [-0.2, -0.15) is 5.10 Å². The fourth-order valence-corrected chi connectivity index (χ4v) is 6.36. The molecule has 0 spiro atoms. The quantitative estimate of drug-likeness (QED) is 0.437. The monoisotopic (exact) mass is 548 g/mol. The number of amides is 1. The van der Waals surface area contributed by atoms with E-state index in [9.17, 15) is 9.59 Å². The Labute approximate surface area is 240 Å². The molecule has 3 heterocycles. The smallest absolute Gasteiger partial charge is 0.263 e. The molecule has 41 heavy (non-hydrogen) atoms. The maximum absolute atomic E-state index is 14.3. The lowest BCUT2D eigenvalue weighted by Crippen LogP contribution is -2.52. The van der Waals surface area contributed by atoms with Gasteiger partial charge in [-0.25, -0.2) is 5.01 Å². The summed E-state index contributed by atoms with van der Waals surface area (Å²) in [6, 6.07) is 17.0. The normalized spacial score (nSPS) is 23.1. The van der Waals surface area contributed by atoms with Crippen molar-refractivity contribution in [3.63, 3.8) is 0 Å². The predicted molar refractivity (Wildman–Crippen MR) is 165 cm³/mol. The van der Waals surface area contributed by atoms with E-state index in [0.717, 1.165) is 16.6 Å². The minimum atomic E-state index is -0.940. The van der Waals surface area contributed by atoms with Crippen molar-refractivity contribution in [2.24, 2.45) is 27.7 Å². The van der Waals surface area contributed by atoms with E-state index in [1.807, 2.05) is 68.4 Å². The van der Waals surface area contributed by atoms with Crippen molar-refractivity contribution in [1.29, 1.82) is 0 Å². The third-order valence-electron chi connectivity index (χ3n) is 8.56. The van der Waals surface area contributed by atoms with Gasteiger partial charge in [-0.05, 0) is 67.8 Å². The first-order valence-corrected chi connectivity index (χ1v) is 14.4. The van der Waals surface area contributed by atoms with Crippen LogP contribution < -0.4 is 16.6 Å². The number of carbonyl (C=O) groups excluding carboxylic acids is 1. The second kappa shape index (κ2) is 10.8. The third kappa shape index (κ3) is 4.88. The van der Waals surface area contributed by atoms with E-state index >= 15 is 0 Å².